The van der Waals surface area contributed by atoms with Crippen molar-refractivity contribution >= 4 is 72.4 Å². The highest BCUT2D eigenvalue weighted by Crippen LogP contribution is 2.30. The van der Waals surface area contributed by atoms with Crippen LogP contribution in [0.3, 0.4) is 0 Å². The number of nitrogens with one attached hydrogen (secondary N) is 3. The Morgan fingerprint density at radius 3 is 2.50 bits per heavy atom. The van der Waals surface area contributed by atoms with Crippen molar-refractivity contribution in [3.8, 4) is 5.75 Å². The van der Waals surface area contributed by atoms with Crippen molar-refractivity contribution in [2.75, 3.05) is 22.6 Å². The summed E-state index contributed by atoms with van der Waals surface area (Å²) in [5.74, 6) is 0.419. The molecule has 2 aromatic heterocycles. The molecule has 2 heterocycles. The highest BCUT2D eigenvalue weighted by molar-refractivity contribution is 7.22. The summed E-state index contributed by atoms with van der Waals surface area (Å²) in [7, 11) is 0. The van der Waals surface area contributed by atoms with Crippen LogP contribution in [-0.2, 0) is 0 Å². The molecule has 0 aliphatic heterocycles. The van der Waals surface area contributed by atoms with Crippen LogP contribution in [0, 0.1) is 6.92 Å². The van der Waals surface area contributed by atoms with Crippen LogP contribution < -0.4 is 20.7 Å². The van der Waals surface area contributed by atoms with Gasteiger partial charge in [0.1, 0.15) is 10.6 Å². The van der Waals surface area contributed by atoms with Gasteiger partial charge < -0.3 is 10.1 Å². The molecule has 4 rings (SSSR count). The van der Waals surface area contributed by atoms with Crippen molar-refractivity contribution < 1.29 is 14.3 Å². The Kier molecular flexibility index (Phi) is 6.54. The van der Waals surface area contributed by atoms with Crippen molar-refractivity contribution in [3.05, 3.63) is 58.1 Å². The minimum absolute atomic E-state index is 0.310. The summed E-state index contributed by atoms with van der Waals surface area (Å²) in [6, 6.07) is 11.8. The fourth-order valence-electron chi connectivity index (χ4n) is 2.82. The van der Waals surface area contributed by atoms with E-state index in [1.54, 1.807) is 31.2 Å². The monoisotopic (exact) mass is 487 g/mol. The molecule has 0 fully saturated rings. The molecule has 0 aliphatic rings. The van der Waals surface area contributed by atoms with E-state index in [4.69, 9.17) is 16.3 Å². The van der Waals surface area contributed by atoms with E-state index in [0.29, 0.717) is 38.2 Å². The number of aromatic nitrogens is 2. The van der Waals surface area contributed by atoms with Gasteiger partial charge in [0.15, 0.2) is 10.3 Å². The number of urea groups is 1. The number of halogens is 1. The molecule has 3 N–H and O–H groups in total. The molecule has 0 unspecified atom stereocenters. The van der Waals surface area contributed by atoms with Gasteiger partial charge in [-0.05, 0) is 56.3 Å². The molecule has 0 bridgehead atoms. The number of amides is 3. The average molecular weight is 488 g/mol. The lowest BCUT2D eigenvalue weighted by Crippen LogP contribution is -2.19. The third-order valence-electron chi connectivity index (χ3n) is 4.22. The number of fused-ring (bicyclic) bond motifs is 1. The average Bonchev–Trinajstić information content (AvgIpc) is 3.31. The summed E-state index contributed by atoms with van der Waals surface area (Å²) in [4.78, 5) is 34.1. The van der Waals surface area contributed by atoms with E-state index < -0.39 is 6.03 Å². The number of nitrogens with zero attached hydrogens (tertiary/aromatic N) is 2. The number of carbonyl (C=O) groups is 2. The maximum Gasteiger partial charge on any atom is 0.325 e. The molecule has 4 aromatic rings. The van der Waals surface area contributed by atoms with E-state index in [2.05, 4.69) is 25.9 Å². The van der Waals surface area contributed by atoms with Gasteiger partial charge in [-0.15, -0.1) is 0 Å². The Labute approximate surface area is 196 Å². The van der Waals surface area contributed by atoms with Crippen molar-refractivity contribution in [2.24, 2.45) is 0 Å². The second-order valence-corrected chi connectivity index (χ2v) is 9.02. The number of thiazole rings is 2. The Balaban J connectivity index is 1.42. The highest BCUT2D eigenvalue weighted by Gasteiger charge is 2.18. The molecule has 0 saturated carbocycles. The van der Waals surface area contributed by atoms with Crippen LogP contribution >= 0.6 is 34.3 Å². The first-order valence-corrected chi connectivity index (χ1v) is 11.6. The standard InChI is InChI=1S/C21H18ClN5O3S2/c1-3-30-14-8-9-15-16(10-14)31-21(25-15)26-18(28)17-11(2)23-20(32-17)27-19(29)24-13-6-4-12(22)5-7-13/h4-10H,3H2,1-2H3,(H,25,26,28)(H2,23,24,27,29). The second kappa shape index (κ2) is 9.51. The van der Waals surface area contributed by atoms with Gasteiger partial charge in [0.05, 0.1) is 22.5 Å². The first-order valence-electron chi connectivity index (χ1n) is 9.57. The molecular formula is C21H18ClN5O3S2. The quantitative estimate of drug-likeness (QED) is 0.309. The maximum atomic E-state index is 12.8. The molecule has 11 heteroatoms. The van der Waals surface area contributed by atoms with Gasteiger partial charge in [-0.3, -0.25) is 15.4 Å². The highest BCUT2D eigenvalue weighted by atomic mass is 35.5. The van der Waals surface area contributed by atoms with E-state index in [-0.39, 0.29) is 5.91 Å². The van der Waals surface area contributed by atoms with Crippen LogP contribution in [-0.4, -0.2) is 28.5 Å². The lowest BCUT2D eigenvalue weighted by atomic mass is 10.3. The molecule has 3 amide bonds. The number of ether oxygens (including phenoxy) is 1. The summed E-state index contributed by atoms with van der Waals surface area (Å²) in [6.45, 7) is 4.21. The van der Waals surface area contributed by atoms with E-state index >= 15 is 0 Å². The van der Waals surface area contributed by atoms with Crippen molar-refractivity contribution in [1.29, 1.82) is 0 Å². The van der Waals surface area contributed by atoms with Gasteiger partial charge in [0.25, 0.3) is 5.91 Å². The van der Waals surface area contributed by atoms with Gasteiger partial charge in [-0.25, -0.2) is 14.8 Å². The van der Waals surface area contributed by atoms with Crippen LogP contribution in [0.2, 0.25) is 5.02 Å². The summed E-state index contributed by atoms with van der Waals surface area (Å²) in [5, 5.41) is 9.49. The largest absolute Gasteiger partial charge is 0.494 e. The molecule has 164 valence electrons. The third-order valence-corrected chi connectivity index (χ3v) is 6.47. The zero-order valence-electron chi connectivity index (χ0n) is 17.1. The van der Waals surface area contributed by atoms with Gasteiger partial charge in [0, 0.05) is 10.7 Å². The summed E-state index contributed by atoms with van der Waals surface area (Å²) in [6.07, 6.45) is 0. The topological polar surface area (TPSA) is 105 Å². The molecule has 0 atom stereocenters. The lowest BCUT2D eigenvalue weighted by molar-refractivity contribution is 0.103. The maximum absolute atomic E-state index is 12.8. The van der Waals surface area contributed by atoms with E-state index in [0.717, 1.165) is 27.3 Å². The molecule has 0 spiro atoms. The van der Waals surface area contributed by atoms with Crippen LogP contribution in [0.4, 0.5) is 20.7 Å². The van der Waals surface area contributed by atoms with E-state index in [1.807, 2.05) is 25.1 Å². The molecule has 2 aromatic carbocycles. The van der Waals surface area contributed by atoms with Crippen molar-refractivity contribution in [2.45, 2.75) is 13.8 Å². The fraction of sp³-hybridized carbons (Fsp3) is 0.143. The molecular weight excluding hydrogens is 470 g/mol. The second-order valence-electron chi connectivity index (χ2n) is 6.56. The third kappa shape index (κ3) is 5.16. The Bertz CT molecular complexity index is 1290. The first kappa shape index (κ1) is 22.0. The Morgan fingerprint density at radius 2 is 1.75 bits per heavy atom. The summed E-state index contributed by atoms with van der Waals surface area (Å²) in [5.41, 5.74) is 1.87. The van der Waals surface area contributed by atoms with Crippen LogP contribution in [0.1, 0.15) is 22.3 Å². The molecule has 0 radical (unpaired) electrons. The van der Waals surface area contributed by atoms with Crippen LogP contribution in [0.15, 0.2) is 42.5 Å². The van der Waals surface area contributed by atoms with Gasteiger partial charge >= 0.3 is 6.03 Å². The van der Waals surface area contributed by atoms with Crippen LogP contribution in [0.5, 0.6) is 5.75 Å². The number of benzene rings is 2. The zero-order chi connectivity index (χ0) is 22.7. The number of aryl methyl sites for hydroxylation is 1. The van der Waals surface area contributed by atoms with Crippen LogP contribution in [0.25, 0.3) is 10.2 Å². The van der Waals surface area contributed by atoms with E-state index in [9.17, 15) is 9.59 Å². The summed E-state index contributed by atoms with van der Waals surface area (Å²) < 4.78 is 6.42. The number of anilines is 3. The smallest absolute Gasteiger partial charge is 0.325 e. The fourth-order valence-corrected chi connectivity index (χ4v) is 4.69. The first-order chi connectivity index (χ1) is 15.4. The number of hydrogen-bond acceptors (Lipinski definition) is 7. The van der Waals surface area contributed by atoms with Gasteiger partial charge in [-0.1, -0.05) is 34.3 Å². The normalized spacial score (nSPS) is 10.7. The SMILES string of the molecule is CCOc1ccc2nc(NC(=O)c3sc(NC(=O)Nc4ccc(Cl)cc4)nc3C)sc2c1. The predicted molar refractivity (Wildman–Crippen MR) is 130 cm³/mol. The number of carbonyl (C=O) groups excluding carboxylic acids is 2. The zero-order valence-corrected chi connectivity index (χ0v) is 19.5. The van der Waals surface area contributed by atoms with Gasteiger partial charge in [0.2, 0.25) is 0 Å². The molecule has 0 aliphatic carbocycles. The Hall–Kier alpha value is -3.21. The predicted octanol–water partition coefficient (Wildman–Crippen LogP) is 6.01. The minimum Gasteiger partial charge on any atom is -0.494 e. The number of rotatable bonds is 6. The molecule has 0 saturated heterocycles. The molecule has 32 heavy (non-hydrogen) atoms. The van der Waals surface area contributed by atoms with Crippen molar-refractivity contribution in [3.63, 3.8) is 0 Å². The van der Waals surface area contributed by atoms with Gasteiger partial charge in [-0.2, -0.15) is 0 Å². The molecule has 8 nitrogen and oxygen atoms in total. The Morgan fingerprint density at radius 1 is 1.00 bits per heavy atom. The minimum atomic E-state index is -0.468. The van der Waals surface area contributed by atoms with E-state index in [1.165, 1.54) is 11.3 Å². The number of hydrogen-bond donors (Lipinski definition) is 3. The van der Waals surface area contributed by atoms with Crippen molar-refractivity contribution in [1.82, 2.24) is 9.97 Å². The lowest BCUT2D eigenvalue weighted by Gasteiger charge is -2.05. The summed E-state index contributed by atoms with van der Waals surface area (Å²) >= 11 is 8.29.